The van der Waals surface area contributed by atoms with Gasteiger partial charge in [0.1, 0.15) is 6.04 Å². The molecule has 4 N–H and O–H groups in total. The first-order valence-electron chi connectivity index (χ1n) is 7.85. The third-order valence-electron chi connectivity index (χ3n) is 3.69. The summed E-state index contributed by atoms with van der Waals surface area (Å²) in [5, 5.41) is 20.7. The number of aromatic amines is 1. The Kier molecular flexibility index (Phi) is 6.64. The Morgan fingerprint density at radius 2 is 2.08 bits per heavy atom. The van der Waals surface area contributed by atoms with Crippen molar-refractivity contribution < 1.29 is 14.7 Å². The number of hydrogen-bond acceptors (Lipinski definition) is 5. The van der Waals surface area contributed by atoms with Crippen LogP contribution in [-0.2, 0) is 11.2 Å². The molecule has 7 nitrogen and oxygen atoms in total. The molecule has 0 aliphatic heterocycles. The van der Waals surface area contributed by atoms with Gasteiger partial charge in [-0.2, -0.15) is 0 Å². The highest BCUT2D eigenvalue weighted by Crippen LogP contribution is 2.25. The van der Waals surface area contributed by atoms with Crippen molar-refractivity contribution in [3.8, 4) is 0 Å². The van der Waals surface area contributed by atoms with Crippen LogP contribution in [0.5, 0.6) is 0 Å². The second kappa shape index (κ2) is 8.72. The van der Waals surface area contributed by atoms with E-state index in [0.717, 1.165) is 16.9 Å². The summed E-state index contributed by atoms with van der Waals surface area (Å²) in [4.78, 5) is 23.7. The van der Waals surface area contributed by atoms with Gasteiger partial charge < -0.3 is 10.4 Å². The van der Waals surface area contributed by atoms with E-state index in [1.165, 1.54) is 0 Å². The summed E-state index contributed by atoms with van der Waals surface area (Å²) in [5.74, 6) is -0.500. The number of allylic oxidation sites excluding steroid dienone is 1. The lowest BCUT2D eigenvalue weighted by molar-refractivity contribution is -0.119. The van der Waals surface area contributed by atoms with Crippen LogP contribution < -0.4 is 10.6 Å². The lowest BCUT2D eigenvalue weighted by Gasteiger charge is -2.30. The van der Waals surface area contributed by atoms with E-state index in [1.54, 1.807) is 13.8 Å². The van der Waals surface area contributed by atoms with Crippen molar-refractivity contribution in [2.45, 2.75) is 26.3 Å². The average molecular weight is 393 g/mol. The highest BCUT2D eigenvalue weighted by atomic mass is 32.1. The summed E-state index contributed by atoms with van der Waals surface area (Å²) in [7, 11) is 0. The number of anilines is 1. The van der Waals surface area contributed by atoms with Crippen LogP contribution in [0, 0.1) is 9.37 Å². The number of rotatable bonds is 7. The number of aromatic nitrogens is 2. The molecule has 1 aromatic heterocycles. The average Bonchev–Trinajstić information content (AvgIpc) is 2.98. The number of carbonyl (C=O) groups is 2. The van der Waals surface area contributed by atoms with Crippen molar-refractivity contribution in [3.63, 3.8) is 0 Å². The fourth-order valence-electron chi connectivity index (χ4n) is 2.38. The van der Waals surface area contributed by atoms with Gasteiger partial charge in [-0.3, -0.25) is 15.2 Å². The standard InChI is InChI=1S/C17H20N4O3S2/c1-17(2,10-6-9-11-7-4-3-5-8-11)12(18-15(23)24)13(22)19-14-20-21-16(25)26-14/h3-8,10,12,18H,9H2,1-2H3,(H,21,25)(H,23,24)(H,19,20,22). The maximum absolute atomic E-state index is 12.6. The predicted octanol–water partition coefficient (Wildman–Crippen LogP) is 3.60. The fourth-order valence-corrected chi connectivity index (χ4v) is 3.18. The van der Waals surface area contributed by atoms with Crippen molar-refractivity contribution in [2.24, 2.45) is 5.41 Å². The Morgan fingerprint density at radius 1 is 1.38 bits per heavy atom. The molecule has 2 amide bonds. The van der Waals surface area contributed by atoms with Crippen LogP contribution in [0.4, 0.5) is 9.93 Å². The monoisotopic (exact) mass is 392 g/mol. The van der Waals surface area contributed by atoms with Gasteiger partial charge in [0.25, 0.3) is 0 Å². The Labute approximate surface area is 160 Å². The summed E-state index contributed by atoms with van der Waals surface area (Å²) in [6.07, 6.45) is 3.18. The highest BCUT2D eigenvalue weighted by molar-refractivity contribution is 7.73. The fraction of sp³-hybridized carbons (Fsp3) is 0.294. The van der Waals surface area contributed by atoms with Crippen LogP contribution in [0.3, 0.4) is 0 Å². The van der Waals surface area contributed by atoms with Gasteiger partial charge in [0.05, 0.1) is 0 Å². The molecule has 138 valence electrons. The number of amides is 2. The number of nitrogens with one attached hydrogen (secondary N) is 3. The maximum Gasteiger partial charge on any atom is 0.405 e. The van der Waals surface area contributed by atoms with E-state index in [0.29, 0.717) is 15.5 Å². The normalized spacial score (nSPS) is 12.7. The molecule has 9 heteroatoms. The van der Waals surface area contributed by atoms with Gasteiger partial charge >= 0.3 is 6.09 Å². The Morgan fingerprint density at radius 3 is 2.65 bits per heavy atom. The van der Waals surface area contributed by atoms with Crippen LogP contribution in [-0.4, -0.2) is 33.3 Å². The molecule has 1 heterocycles. The summed E-state index contributed by atoms with van der Waals surface area (Å²) >= 11 is 6.03. The van der Waals surface area contributed by atoms with Gasteiger partial charge in [-0.1, -0.05) is 67.7 Å². The predicted molar refractivity (Wildman–Crippen MR) is 104 cm³/mol. The second-order valence-electron chi connectivity index (χ2n) is 6.20. The lowest BCUT2D eigenvalue weighted by atomic mass is 9.83. The van der Waals surface area contributed by atoms with Gasteiger partial charge in [-0.15, -0.1) is 5.10 Å². The number of benzene rings is 1. The topological polar surface area (TPSA) is 107 Å². The van der Waals surface area contributed by atoms with Crippen LogP contribution in [0.15, 0.2) is 42.5 Å². The number of hydrogen-bond donors (Lipinski definition) is 4. The summed E-state index contributed by atoms with van der Waals surface area (Å²) < 4.78 is 0.421. The first-order valence-corrected chi connectivity index (χ1v) is 9.08. The molecule has 0 saturated carbocycles. The molecule has 1 atom stereocenters. The Balaban J connectivity index is 2.13. The molecule has 1 unspecified atom stereocenters. The summed E-state index contributed by atoms with van der Waals surface area (Å²) in [6, 6.07) is 8.86. The molecule has 1 aromatic carbocycles. The van der Waals surface area contributed by atoms with E-state index in [9.17, 15) is 9.59 Å². The SMILES string of the molecule is CC(C)(C=CCc1ccccc1)C(NC(=O)O)C(=O)Nc1n[nH]c(=S)s1. The third-order valence-corrected chi connectivity index (χ3v) is 4.69. The quantitative estimate of drug-likeness (QED) is 0.425. The minimum absolute atomic E-state index is 0.293. The lowest BCUT2D eigenvalue weighted by Crippen LogP contribution is -2.51. The third kappa shape index (κ3) is 5.78. The maximum atomic E-state index is 12.6. The van der Waals surface area contributed by atoms with E-state index < -0.39 is 23.5 Å². The Hall–Kier alpha value is -2.52. The molecule has 0 bridgehead atoms. The minimum Gasteiger partial charge on any atom is -0.465 e. The second-order valence-corrected chi connectivity index (χ2v) is 7.87. The van der Waals surface area contributed by atoms with Crippen molar-refractivity contribution in [1.29, 1.82) is 0 Å². The van der Waals surface area contributed by atoms with Crippen molar-refractivity contribution in [3.05, 3.63) is 52.0 Å². The zero-order valence-electron chi connectivity index (χ0n) is 14.4. The van der Waals surface area contributed by atoms with Crippen molar-refractivity contribution in [2.75, 3.05) is 5.32 Å². The first-order chi connectivity index (χ1) is 12.3. The highest BCUT2D eigenvalue weighted by Gasteiger charge is 2.35. The number of carbonyl (C=O) groups excluding carboxylic acids is 1. The van der Waals surface area contributed by atoms with Crippen LogP contribution in [0.2, 0.25) is 0 Å². The molecular formula is C17H20N4O3S2. The molecular weight excluding hydrogens is 372 g/mol. The zero-order valence-corrected chi connectivity index (χ0v) is 16.0. The molecule has 0 fully saturated rings. The van der Waals surface area contributed by atoms with Crippen molar-refractivity contribution >= 4 is 40.7 Å². The largest absolute Gasteiger partial charge is 0.465 e. The van der Waals surface area contributed by atoms with Gasteiger partial charge in [0, 0.05) is 5.41 Å². The molecule has 2 aromatic rings. The number of carboxylic acid groups (broad SMARTS) is 1. The van der Waals surface area contributed by atoms with Gasteiger partial charge in [-0.25, -0.2) is 4.79 Å². The van der Waals surface area contributed by atoms with E-state index in [2.05, 4.69) is 20.8 Å². The van der Waals surface area contributed by atoms with Gasteiger partial charge in [0.15, 0.2) is 3.95 Å². The molecule has 0 spiro atoms. The number of nitrogens with zero attached hydrogens (tertiary/aromatic N) is 1. The van der Waals surface area contributed by atoms with Crippen LogP contribution >= 0.6 is 23.6 Å². The molecule has 0 aliphatic rings. The van der Waals surface area contributed by atoms with Crippen LogP contribution in [0.1, 0.15) is 19.4 Å². The first kappa shape index (κ1) is 19.8. The zero-order chi connectivity index (χ0) is 19.2. The van der Waals surface area contributed by atoms with E-state index >= 15 is 0 Å². The van der Waals surface area contributed by atoms with E-state index in [-0.39, 0.29) is 0 Å². The van der Waals surface area contributed by atoms with Gasteiger partial charge in [-0.05, 0) is 24.2 Å². The molecule has 0 saturated heterocycles. The number of H-pyrrole nitrogens is 1. The van der Waals surface area contributed by atoms with Gasteiger partial charge in [0.2, 0.25) is 11.0 Å². The molecule has 26 heavy (non-hydrogen) atoms. The summed E-state index contributed by atoms with van der Waals surface area (Å²) in [6.45, 7) is 3.59. The van der Waals surface area contributed by atoms with E-state index in [4.69, 9.17) is 17.3 Å². The summed E-state index contributed by atoms with van der Waals surface area (Å²) in [5.41, 5.74) is 0.373. The van der Waals surface area contributed by atoms with E-state index in [1.807, 2.05) is 42.5 Å². The Bertz CT molecular complexity index is 843. The minimum atomic E-state index is -1.27. The van der Waals surface area contributed by atoms with Crippen molar-refractivity contribution in [1.82, 2.24) is 15.5 Å². The molecule has 0 radical (unpaired) electrons. The molecule has 0 aliphatic carbocycles. The molecule has 2 rings (SSSR count). The smallest absolute Gasteiger partial charge is 0.405 e. The van der Waals surface area contributed by atoms with Crippen LogP contribution in [0.25, 0.3) is 0 Å².